The standard InChI is InChI=1S/C18H15NO/c1-3-17-11-10-15(12-18(17)20-2)7-4-14-5-8-16(13-19)9-6-14/h3-12H,1H2,2H3. The molecule has 0 unspecified atom stereocenters. The van der Waals surface area contributed by atoms with E-state index in [1.807, 2.05) is 42.5 Å². The molecule has 2 aromatic carbocycles. The van der Waals surface area contributed by atoms with Crippen LogP contribution >= 0.6 is 0 Å². The molecule has 0 atom stereocenters. The Morgan fingerprint density at radius 2 is 1.70 bits per heavy atom. The molecule has 0 aliphatic carbocycles. The smallest absolute Gasteiger partial charge is 0.126 e. The van der Waals surface area contributed by atoms with Crippen LogP contribution in [0.1, 0.15) is 22.3 Å². The van der Waals surface area contributed by atoms with Crippen LogP contribution in [-0.2, 0) is 0 Å². The summed E-state index contributed by atoms with van der Waals surface area (Å²) in [6.45, 7) is 3.75. The predicted octanol–water partition coefficient (Wildman–Crippen LogP) is 4.38. The number of hydrogen-bond acceptors (Lipinski definition) is 2. The Hall–Kier alpha value is -2.79. The molecular weight excluding hydrogens is 246 g/mol. The number of benzene rings is 2. The molecule has 2 rings (SSSR count). The number of rotatable bonds is 4. The van der Waals surface area contributed by atoms with Crippen molar-refractivity contribution in [2.24, 2.45) is 0 Å². The molecule has 0 radical (unpaired) electrons. The molecule has 0 bridgehead atoms. The van der Waals surface area contributed by atoms with Crippen molar-refractivity contribution in [1.29, 1.82) is 5.26 Å². The van der Waals surface area contributed by atoms with Crippen LogP contribution in [0, 0.1) is 11.3 Å². The Labute approximate surface area is 119 Å². The number of ether oxygens (including phenoxy) is 1. The van der Waals surface area contributed by atoms with Crippen LogP contribution in [0.15, 0.2) is 49.0 Å². The second kappa shape index (κ2) is 6.40. The summed E-state index contributed by atoms with van der Waals surface area (Å²) in [6.07, 6.45) is 5.78. The van der Waals surface area contributed by atoms with Crippen molar-refractivity contribution in [2.75, 3.05) is 7.11 Å². The normalized spacial score (nSPS) is 10.2. The van der Waals surface area contributed by atoms with Gasteiger partial charge in [-0.25, -0.2) is 0 Å². The van der Waals surface area contributed by atoms with Gasteiger partial charge in [-0.1, -0.05) is 49.1 Å². The summed E-state index contributed by atoms with van der Waals surface area (Å²) in [7, 11) is 1.65. The Balaban J connectivity index is 2.22. The first-order chi connectivity index (χ1) is 9.76. The zero-order chi connectivity index (χ0) is 14.4. The van der Waals surface area contributed by atoms with E-state index in [2.05, 4.69) is 12.6 Å². The quantitative estimate of drug-likeness (QED) is 0.765. The summed E-state index contributed by atoms with van der Waals surface area (Å²) in [4.78, 5) is 0. The van der Waals surface area contributed by atoms with Gasteiger partial charge in [0, 0.05) is 5.56 Å². The minimum atomic E-state index is 0.666. The van der Waals surface area contributed by atoms with E-state index in [0.29, 0.717) is 5.56 Å². The van der Waals surface area contributed by atoms with E-state index in [4.69, 9.17) is 10.00 Å². The van der Waals surface area contributed by atoms with Crippen LogP contribution in [0.2, 0.25) is 0 Å². The van der Waals surface area contributed by atoms with Crippen LogP contribution in [0.5, 0.6) is 5.75 Å². The number of nitrogens with zero attached hydrogens (tertiary/aromatic N) is 1. The summed E-state index contributed by atoms with van der Waals surface area (Å²) in [5.74, 6) is 0.807. The monoisotopic (exact) mass is 261 g/mol. The first-order valence-electron chi connectivity index (χ1n) is 6.25. The lowest BCUT2D eigenvalue weighted by molar-refractivity contribution is 0.414. The fourth-order valence-corrected chi connectivity index (χ4v) is 1.86. The van der Waals surface area contributed by atoms with E-state index in [1.165, 1.54) is 0 Å². The summed E-state index contributed by atoms with van der Waals surface area (Å²) in [6, 6.07) is 15.5. The first-order valence-corrected chi connectivity index (χ1v) is 6.25. The molecule has 0 aromatic heterocycles. The van der Waals surface area contributed by atoms with Crippen molar-refractivity contribution in [3.05, 3.63) is 71.3 Å². The lowest BCUT2D eigenvalue weighted by Crippen LogP contribution is -1.87. The molecule has 0 N–H and O–H groups in total. The summed E-state index contributed by atoms with van der Waals surface area (Å²) < 4.78 is 5.32. The third-order valence-corrected chi connectivity index (χ3v) is 2.99. The molecule has 0 saturated carbocycles. The molecule has 2 nitrogen and oxygen atoms in total. The van der Waals surface area contributed by atoms with Gasteiger partial charge < -0.3 is 4.74 Å². The van der Waals surface area contributed by atoms with Gasteiger partial charge in [-0.05, 0) is 29.3 Å². The van der Waals surface area contributed by atoms with Gasteiger partial charge in [0.25, 0.3) is 0 Å². The fourth-order valence-electron chi connectivity index (χ4n) is 1.86. The molecular formula is C18H15NO. The Kier molecular flexibility index (Phi) is 4.36. The van der Waals surface area contributed by atoms with Gasteiger partial charge in [-0.3, -0.25) is 0 Å². The number of methoxy groups -OCH3 is 1. The van der Waals surface area contributed by atoms with Gasteiger partial charge >= 0.3 is 0 Å². The molecule has 20 heavy (non-hydrogen) atoms. The molecule has 2 aromatic rings. The third kappa shape index (κ3) is 3.15. The average Bonchev–Trinajstić information content (AvgIpc) is 2.53. The van der Waals surface area contributed by atoms with Crippen LogP contribution < -0.4 is 4.74 Å². The maximum absolute atomic E-state index is 8.75. The zero-order valence-corrected chi connectivity index (χ0v) is 11.3. The molecule has 0 aliphatic heterocycles. The second-order valence-corrected chi connectivity index (χ2v) is 4.27. The van der Waals surface area contributed by atoms with Crippen molar-refractivity contribution < 1.29 is 4.74 Å². The highest BCUT2D eigenvalue weighted by atomic mass is 16.5. The SMILES string of the molecule is C=Cc1ccc(C=Cc2ccc(C#N)cc2)cc1OC. The van der Waals surface area contributed by atoms with E-state index in [1.54, 1.807) is 25.3 Å². The fraction of sp³-hybridized carbons (Fsp3) is 0.0556. The van der Waals surface area contributed by atoms with Gasteiger partial charge in [0.1, 0.15) is 5.75 Å². The largest absolute Gasteiger partial charge is 0.496 e. The minimum absolute atomic E-state index is 0.666. The van der Waals surface area contributed by atoms with E-state index in [-0.39, 0.29) is 0 Å². The van der Waals surface area contributed by atoms with Crippen molar-refractivity contribution in [3.63, 3.8) is 0 Å². The van der Waals surface area contributed by atoms with Crippen molar-refractivity contribution >= 4 is 18.2 Å². The minimum Gasteiger partial charge on any atom is -0.496 e. The lowest BCUT2D eigenvalue weighted by Gasteiger charge is -2.05. The van der Waals surface area contributed by atoms with Crippen LogP contribution in [0.3, 0.4) is 0 Å². The molecule has 0 aliphatic rings. The molecule has 0 spiro atoms. The predicted molar refractivity (Wildman–Crippen MR) is 83.2 cm³/mol. The van der Waals surface area contributed by atoms with Crippen molar-refractivity contribution in [1.82, 2.24) is 0 Å². The summed E-state index contributed by atoms with van der Waals surface area (Å²) in [5, 5.41) is 8.75. The van der Waals surface area contributed by atoms with Gasteiger partial charge in [-0.2, -0.15) is 5.26 Å². The van der Waals surface area contributed by atoms with E-state index < -0.39 is 0 Å². The Morgan fingerprint density at radius 3 is 2.30 bits per heavy atom. The number of hydrogen-bond donors (Lipinski definition) is 0. The zero-order valence-electron chi connectivity index (χ0n) is 11.3. The highest BCUT2D eigenvalue weighted by molar-refractivity contribution is 5.72. The van der Waals surface area contributed by atoms with Crippen LogP contribution in [0.25, 0.3) is 18.2 Å². The molecule has 98 valence electrons. The van der Waals surface area contributed by atoms with Crippen LogP contribution in [-0.4, -0.2) is 7.11 Å². The Morgan fingerprint density at radius 1 is 1.05 bits per heavy atom. The molecule has 0 fully saturated rings. The number of nitriles is 1. The molecule has 2 heteroatoms. The molecule has 0 heterocycles. The van der Waals surface area contributed by atoms with E-state index >= 15 is 0 Å². The van der Waals surface area contributed by atoms with Crippen LogP contribution in [0.4, 0.5) is 0 Å². The maximum atomic E-state index is 8.75. The highest BCUT2D eigenvalue weighted by Crippen LogP contribution is 2.22. The maximum Gasteiger partial charge on any atom is 0.126 e. The molecule has 0 saturated heterocycles. The molecule has 0 amide bonds. The lowest BCUT2D eigenvalue weighted by atomic mass is 10.1. The second-order valence-electron chi connectivity index (χ2n) is 4.27. The summed E-state index contributed by atoms with van der Waals surface area (Å²) in [5.41, 5.74) is 3.75. The Bertz CT molecular complexity index is 676. The van der Waals surface area contributed by atoms with Crippen molar-refractivity contribution in [2.45, 2.75) is 0 Å². The average molecular weight is 261 g/mol. The van der Waals surface area contributed by atoms with Crippen molar-refractivity contribution in [3.8, 4) is 11.8 Å². The van der Waals surface area contributed by atoms with Gasteiger partial charge in [0.05, 0.1) is 18.7 Å². The van der Waals surface area contributed by atoms with E-state index in [0.717, 1.165) is 22.4 Å². The van der Waals surface area contributed by atoms with Gasteiger partial charge in [-0.15, -0.1) is 0 Å². The first kappa shape index (κ1) is 13.6. The topological polar surface area (TPSA) is 33.0 Å². The van der Waals surface area contributed by atoms with Gasteiger partial charge in [0.2, 0.25) is 0 Å². The van der Waals surface area contributed by atoms with Gasteiger partial charge in [0.15, 0.2) is 0 Å². The summed E-state index contributed by atoms with van der Waals surface area (Å²) >= 11 is 0. The van der Waals surface area contributed by atoms with E-state index in [9.17, 15) is 0 Å². The third-order valence-electron chi connectivity index (χ3n) is 2.99. The highest BCUT2D eigenvalue weighted by Gasteiger charge is 1.99.